The van der Waals surface area contributed by atoms with Gasteiger partial charge in [0.15, 0.2) is 0 Å². The first-order chi connectivity index (χ1) is 12.2. The van der Waals surface area contributed by atoms with Crippen LogP contribution in [0.15, 0.2) is 24.3 Å². The Kier molecular flexibility index (Phi) is 5.36. The van der Waals surface area contributed by atoms with Gasteiger partial charge in [-0.15, -0.1) is 0 Å². The topological polar surface area (TPSA) is 19.0 Å². The summed E-state index contributed by atoms with van der Waals surface area (Å²) in [5.41, 5.74) is 1.08. The molecule has 3 aliphatic heterocycles. The normalized spacial score (nSPS) is 32.0. The lowest BCUT2D eigenvalue weighted by atomic mass is 9.84. The second-order valence-electron chi connectivity index (χ2n) is 8.05. The minimum Gasteiger partial charge on any atom is -0.376 e. The van der Waals surface area contributed by atoms with Crippen LogP contribution < -0.4 is 0 Å². The Morgan fingerprint density at radius 3 is 2.76 bits per heavy atom. The van der Waals surface area contributed by atoms with Gasteiger partial charge in [0, 0.05) is 51.7 Å². The molecule has 3 heterocycles. The number of likely N-dealkylation sites (N-methyl/N-ethyl adjacent to an activating group) is 1. The average molecular weight is 347 g/mol. The zero-order valence-corrected chi connectivity index (χ0v) is 15.2. The molecule has 3 atom stereocenters. The van der Waals surface area contributed by atoms with Crippen molar-refractivity contribution in [3.63, 3.8) is 0 Å². The molecule has 0 bridgehead atoms. The van der Waals surface area contributed by atoms with E-state index in [2.05, 4.69) is 21.7 Å². The Labute approximate surface area is 150 Å². The highest BCUT2D eigenvalue weighted by molar-refractivity contribution is 5.16. The minimum atomic E-state index is -0.135. The Morgan fingerprint density at radius 1 is 1.12 bits per heavy atom. The minimum absolute atomic E-state index is 0.135. The van der Waals surface area contributed by atoms with Gasteiger partial charge in [-0.05, 0) is 43.6 Å². The van der Waals surface area contributed by atoms with E-state index in [0.717, 1.165) is 64.5 Å². The Bertz CT molecular complexity index is 576. The van der Waals surface area contributed by atoms with Crippen molar-refractivity contribution < 1.29 is 9.13 Å². The first-order valence-electron chi connectivity index (χ1n) is 9.66. The first-order valence-corrected chi connectivity index (χ1v) is 9.66. The number of halogens is 1. The van der Waals surface area contributed by atoms with Crippen molar-refractivity contribution in [1.82, 2.24) is 14.7 Å². The van der Waals surface area contributed by atoms with E-state index >= 15 is 0 Å². The molecule has 0 aliphatic carbocycles. The molecule has 1 aromatic carbocycles. The maximum absolute atomic E-state index is 13.4. The molecule has 0 aromatic heterocycles. The number of piperidine rings is 1. The van der Waals surface area contributed by atoms with Gasteiger partial charge in [0.05, 0.1) is 12.7 Å². The summed E-state index contributed by atoms with van der Waals surface area (Å²) in [7, 11) is 2.20. The van der Waals surface area contributed by atoms with Crippen molar-refractivity contribution in [2.75, 3.05) is 59.5 Å². The van der Waals surface area contributed by atoms with Crippen LogP contribution in [0.5, 0.6) is 0 Å². The number of hydrogen-bond acceptors (Lipinski definition) is 4. The zero-order chi connectivity index (χ0) is 17.2. The number of nitrogens with zero attached hydrogens (tertiary/aromatic N) is 3. The third kappa shape index (κ3) is 4.22. The predicted octanol–water partition coefficient (Wildman–Crippen LogP) is 1.91. The number of fused-ring (bicyclic) bond motifs is 1. The van der Waals surface area contributed by atoms with E-state index in [1.165, 1.54) is 12.5 Å². The maximum atomic E-state index is 13.4. The van der Waals surface area contributed by atoms with Crippen LogP contribution in [0.4, 0.5) is 4.39 Å². The summed E-state index contributed by atoms with van der Waals surface area (Å²) < 4.78 is 19.6. The van der Waals surface area contributed by atoms with E-state index in [1.54, 1.807) is 6.07 Å². The summed E-state index contributed by atoms with van der Waals surface area (Å²) in [6, 6.07) is 7.03. The number of piperazine rings is 1. The van der Waals surface area contributed by atoms with Crippen LogP contribution >= 0.6 is 0 Å². The molecule has 4 rings (SSSR count). The number of ether oxygens (including phenoxy) is 1. The zero-order valence-electron chi connectivity index (χ0n) is 15.2. The van der Waals surface area contributed by atoms with Crippen molar-refractivity contribution in [2.24, 2.45) is 11.8 Å². The van der Waals surface area contributed by atoms with E-state index in [1.807, 2.05) is 12.1 Å². The molecule has 25 heavy (non-hydrogen) atoms. The molecule has 3 aliphatic rings. The molecule has 5 heteroatoms. The first kappa shape index (κ1) is 17.4. The molecule has 1 aromatic rings. The van der Waals surface area contributed by atoms with Gasteiger partial charge in [-0.2, -0.15) is 0 Å². The highest BCUT2D eigenvalue weighted by Crippen LogP contribution is 2.35. The molecule has 138 valence electrons. The largest absolute Gasteiger partial charge is 0.376 e. The molecular weight excluding hydrogens is 317 g/mol. The van der Waals surface area contributed by atoms with Crippen LogP contribution in [-0.4, -0.2) is 80.3 Å². The number of likely N-dealkylation sites (tertiary alicyclic amines) is 1. The van der Waals surface area contributed by atoms with Gasteiger partial charge in [0.25, 0.3) is 0 Å². The highest BCUT2D eigenvalue weighted by Gasteiger charge is 2.41. The highest BCUT2D eigenvalue weighted by atomic mass is 19.1. The third-order valence-corrected chi connectivity index (χ3v) is 6.22. The monoisotopic (exact) mass is 347 g/mol. The lowest BCUT2D eigenvalue weighted by Crippen LogP contribution is -2.49. The van der Waals surface area contributed by atoms with Gasteiger partial charge in [-0.3, -0.25) is 9.80 Å². The van der Waals surface area contributed by atoms with Crippen LogP contribution in [0.1, 0.15) is 12.0 Å². The average Bonchev–Trinajstić information content (AvgIpc) is 2.99. The third-order valence-electron chi connectivity index (χ3n) is 6.22. The summed E-state index contributed by atoms with van der Waals surface area (Å²) in [4.78, 5) is 7.45. The fraction of sp³-hybridized carbons (Fsp3) is 0.700. The molecule has 0 spiro atoms. The van der Waals surface area contributed by atoms with Crippen LogP contribution in [0.25, 0.3) is 0 Å². The van der Waals surface area contributed by atoms with Crippen molar-refractivity contribution in [2.45, 2.75) is 19.1 Å². The van der Waals surface area contributed by atoms with Gasteiger partial charge in [-0.25, -0.2) is 4.39 Å². The lowest BCUT2D eigenvalue weighted by Gasteiger charge is -2.38. The summed E-state index contributed by atoms with van der Waals surface area (Å²) in [5.74, 6) is 1.20. The van der Waals surface area contributed by atoms with Crippen molar-refractivity contribution in [3.05, 3.63) is 35.6 Å². The van der Waals surface area contributed by atoms with Gasteiger partial charge in [0.2, 0.25) is 0 Å². The molecule has 0 unspecified atom stereocenters. The quantitative estimate of drug-likeness (QED) is 0.828. The summed E-state index contributed by atoms with van der Waals surface area (Å²) in [6.07, 6.45) is 1.57. The van der Waals surface area contributed by atoms with Crippen molar-refractivity contribution >= 4 is 0 Å². The van der Waals surface area contributed by atoms with Gasteiger partial charge in [-0.1, -0.05) is 12.1 Å². The molecule has 0 saturated carbocycles. The van der Waals surface area contributed by atoms with E-state index in [9.17, 15) is 4.39 Å². The smallest absolute Gasteiger partial charge is 0.123 e. The van der Waals surface area contributed by atoms with E-state index in [0.29, 0.717) is 17.9 Å². The van der Waals surface area contributed by atoms with Gasteiger partial charge < -0.3 is 9.64 Å². The van der Waals surface area contributed by atoms with Crippen molar-refractivity contribution in [3.8, 4) is 0 Å². The fourth-order valence-electron chi connectivity index (χ4n) is 4.61. The molecular formula is C20H30FN3O. The second-order valence-corrected chi connectivity index (χ2v) is 8.05. The summed E-state index contributed by atoms with van der Waals surface area (Å²) in [5, 5.41) is 0. The van der Waals surface area contributed by atoms with Crippen LogP contribution in [0.3, 0.4) is 0 Å². The predicted molar refractivity (Wildman–Crippen MR) is 97.0 cm³/mol. The van der Waals surface area contributed by atoms with E-state index in [4.69, 9.17) is 4.74 Å². The van der Waals surface area contributed by atoms with Crippen LogP contribution in [0, 0.1) is 17.7 Å². The molecule has 3 saturated heterocycles. The van der Waals surface area contributed by atoms with E-state index in [-0.39, 0.29) is 5.82 Å². The molecule has 4 nitrogen and oxygen atoms in total. The van der Waals surface area contributed by atoms with Crippen LogP contribution in [0.2, 0.25) is 0 Å². The van der Waals surface area contributed by atoms with Crippen LogP contribution in [-0.2, 0) is 11.3 Å². The Balaban J connectivity index is 1.34. The Morgan fingerprint density at radius 2 is 1.96 bits per heavy atom. The molecule has 3 fully saturated rings. The lowest BCUT2D eigenvalue weighted by molar-refractivity contribution is 0.0297. The number of benzene rings is 1. The van der Waals surface area contributed by atoms with E-state index < -0.39 is 0 Å². The number of hydrogen-bond donors (Lipinski definition) is 0. The maximum Gasteiger partial charge on any atom is 0.123 e. The molecule has 0 amide bonds. The Hall–Kier alpha value is -1.01. The SMILES string of the molecule is CN1CCN(C[C@H]2OC[C@@H]3CCN(Cc4cccc(F)c4)C[C@@H]32)CC1. The standard InChI is InChI=1S/C20H30FN3O/c1-22-7-9-23(10-8-22)14-20-19-13-24(6-5-17(19)15-25-20)12-16-3-2-4-18(21)11-16/h2-4,11,17,19-20H,5-10,12-15H2,1H3/t17-,19-,20+/m0/s1. The molecule has 0 N–H and O–H groups in total. The summed E-state index contributed by atoms with van der Waals surface area (Å²) >= 11 is 0. The van der Waals surface area contributed by atoms with Gasteiger partial charge >= 0.3 is 0 Å². The summed E-state index contributed by atoms with van der Waals surface area (Å²) in [6.45, 7) is 9.66. The number of rotatable bonds is 4. The van der Waals surface area contributed by atoms with Gasteiger partial charge in [0.1, 0.15) is 5.82 Å². The van der Waals surface area contributed by atoms with Crippen molar-refractivity contribution in [1.29, 1.82) is 0 Å². The fourth-order valence-corrected chi connectivity index (χ4v) is 4.61. The molecule has 0 radical (unpaired) electrons. The second kappa shape index (κ2) is 7.70.